The van der Waals surface area contributed by atoms with E-state index in [0.717, 1.165) is 23.3 Å². The van der Waals surface area contributed by atoms with Crippen LogP contribution in [0.3, 0.4) is 0 Å². The lowest BCUT2D eigenvalue weighted by atomic mass is 9.86. The molecule has 0 radical (unpaired) electrons. The number of halogens is 2. The molecule has 2 aliphatic rings. The van der Waals surface area contributed by atoms with E-state index in [1.807, 2.05) is 0 Å². The second kappa shape index (κ2) is 4.84. The first kappa shape index (κ1) is 14.4. The maximum atomic E-state index is 6.71. The van der Waals surface area contributed by atoms with Gasteiger partial charge in [-0.25, -0.2) is 0 Å². The Kier molecular flexibility index (Phi) is 4.11. The van der Waals surface area contributed by atoms with Gasteiger partial charge >= 0.3 is 0 Å². The van der Waals surface area contributed by atoms with Crippen molar-refractivity contribution in [1.29, 1.82) is 0 Å². The zero-order valence-electron chi connectivity index (χ0n) is 11.6. The van der Waals surface area contributed by atoms with Crippen LogP contribution in [-0.4, -0.2) is 14.8 Å². The maximum Gasteiger partial charge on any atom is 0.153 e. The molecule has 0 aliphatic heterocycles. The van der Waals surface area contributed by atoms with Crippen LogP contribution in [0.2, 0.25) is 37.8 Å². The fourth-order valence-corrected chi connectivity index (χ4v) is 8.60. The van der Waals surface area contributed by atoms with Crippen LogP contribution in [0.4, 0.5) is 0 Å². The Balaban J connectivity index is 1.94. The molecular formula is C13H26Cl2Si2. The molecule has 2 aliphatic carbocycles. The molecule has 100 valence electrons. The first-order chi connectivity index (χ1) is 7.67. The minimum Gasteiger partial charge on any atom is -0.168 e. The van der Waals surface area contributed by atoms with Crippen LogP contribution in [0.5, 0.6) is 0 Å². The maximum absolute atomic E-state index is 6.71. The predicted octanol–water partition coefficient (Wildman–Crippen LogP) is 5.68. The minimum atomic E-state index is -1.44. The average molecular weight is 309 g/mol. The van der Waals surface area contributed by atoms with E-state index >= 15 is 0 Å². The summed E-state index contributed by atoms with van der Waals surface area (Å²) in [5.74, 6) is 2.91. The molecule has 0 saturated heterocycles. The second-order valence-corrected chi connectivity index (χ2v) is 21.2. The third-order valence-corrected chi connectivity index (χ3v) is 10.3. The Morgan fingerprint density at radius 2 is 1.65 bits per heavy atom. The van der Waals surface area contributed by atoms with Crippen LogP contribution >= 0.6 is 22.2 Å². The van der Waals surface area contributed by atoms with E-state index in [0.29, 0.717) is 0 Å². The van der Waals surface area contributed by atoms with E-state index in [1.165, 1.54) is 31.7 Å². The largest absolute Gasteiger partial charge is 0.168 e. The minimum absolute atomic E-state index is 0.882. The Labute approximate surface area is 118 Å². The van der Waals surface area contributed by atoms with Gasteiger partial charge < -0.3 is 0 Å². The first-order valence-corrected chi connectivity index (χ1v) is 15.4. The van der Waals surface area contributed by atoms with Gasteiger partial charge in [0.2, 0.25) is 0 Å². The van der Waals surface area contributed by atoms with Crippen molar-refractivity contribution in [2.24, 2.45) is 17.8 Å². The average Bonchev–Trinajstić information content (AvgIpc) is 2.70. The van der Waals surface area contributed by atoms with Gasteiger partial charge in [-0.15, -0.1) is 0 Å². The van der Waals surface area contributed by atoms with E-state index in [9.17, 15) is 0 Å². The van der Waals surface area contributed by atoms with Crippen LogP contribution in [0.25, 0.3) is 0 Å². The molecule has 0 aromatic heterocycles. The van der Waals surface area contributed by atoms with Gasteiger partial charge in [-0.3, -0.25) is 0 Å². The van der Waals surface area contributed by atoms with E-state index in [1.54, 1.807) is 0 Å². The van der Waals surface area contributed by atoms with Gasteiger partial charge in [-0.05, 0) is 48.6 Å². The highest BCUT2D eigenvalue weighted by molar-refractivity contribution is 7.20. The quantitative estimate of drug-likeness (QED) is 0.463. The fourth-order valence-electron chi connectivity index (χ4n) is 4.15. The summed E-state index contributed by atoms with van der Waals surface area (Å²) in [5, 5.41) is 0. The van der Waals surface area contributed by atoms with Crippen molar-refractivity contribution in [2.75, 3.05) is 0 Å². The number of fused-ring (bicyclic) bond motifs is 2. The van der Waals surface area contributed by atoms with Crippen LogP contribution in [0, 0.1) is 17.8 Å². The molecular weight excluding hydrogens is 283 g/mol. The predicted molar refractivity (Wildman–Crippen MR) is 84.2 cm³/mol. The molecule has 4 heteroatoms. The van der Waals surface area contributed by atoms with E-state index in [-0.39, 0.29) is 0 Å². The summed E-state index contributed by atoms with van der Waals surface area (Å²) in [6.45, 7) is 9.24. The highest BCUT2D eigenvalue weighted by Crippen LogP contribution is 2.60. The summed E-state index contributed by atoms with van der Waals surface area (Å²) in [6.07, 6.45) is 5.76. The fraction of sp³-hybridized carbons (Fsp3) is 1.00. The molecule has 17 heavy (non-hydrogen) atoms. The summed E-state index contributed by atoms with van der Waals surface area (Å²) >= 11 is 13.2. The molecule has 0 nitrogen and oxygen atoms in total. The van der Waals surface area contributed by atoms with Crippen LogP contribution in [0.15, 0.2) is 0 Å². The van der Waals surface area contributed by atoms with E-state index in [4.69, 9.17) is 22.2 Å². The monoisotopic (exact) mass is 308 g/mol. The Bertz CT molecular complexity index is 280. The van der Waals surface area contributed by atoms with Crippen LogP contribution in [0.1, 0.15) is 25.7 Å². The summed E-state index contributed by atoms with van der Waals surface area (Å²) in [6, 6.07) is 1.29. The molecule has 2 bridgehead atoms. The third kappa shape index (κ3) is 3.52. The normalized spacial score (nSPS) is 37.8. The van der Waals surface area contributed by atoms with Gasteiger partial charge in [0.25, 0.3) is 0 Å². The Hall–Kier alpha value is 1.01. The molecule has 4 atom stereocenters. The smallest absolute Gasteiger partial charge is 0.153 e. The van der Waals surface area contributed by atoms with Crippen molar-refractivity contribution >= 4 is 36.9 Å². The van der Waals surface area contributed by atoms with Crippen LogP contribution in [-0.2, 0) is 0 Å². The molecule has 2 fully saturated rings. The van der Waals surface area contributed by atoms with E-state index in [2.05, 4.69) is 26.2 Å². The van der Waals surface area contributed by atoms with Gasteiger partial charge in [0, 0.05) is 0 Å². The van der Waals surface area contributed by atoms with Gasteiger partial charge in [0.05, 0.1) is 0 Å². The molecule has 0 unspecified atom stereocenters. The van der Waals surface area contributed by atoms with Crippen molar-refractivity contribution in [1.82, 2.24) is 0 Å². The Morgan fingerprint density at radius 1 is 1.00 bits per heavy atom. The summed E-state index contributed by atoms with van der Waals surface area (Å²) in [5.41, 5.74) is 0.882. The zero-order chi connectivity index (χ0) is 12.8. The van der Waals surface area contributed by atoms with Crippen molar-refractivity contribution < 1.29 is 0 Å². The highest BCUT2D eigenvalue weighted by atomic mass is 35.6. The van der Waals surface area contributed by atoms with E-state index < -0.39 is 14.8 Å². The molecule has 2 rings (SSSR count). The standard InChI is InChI=1S/C13H26Cl2Si2/c1-16(2,14)6-5-11-7-10-8-12(11)13(9-10)17(3,4)15/h10-13H,5-9H2,1-4H3/t10-,11+,12-,13+/m0/s1. The van der Waals surface area contributed by atoms with Gasteiger partial charge in [-0.1, -0.05) is 32.6 Å². The first-order valence-electron chi connectivity index (χ1n) is 7.04. The highest BCUT2D eigenvalue weighted by Gasteiger charge is 2.51. The van der Waals surface area contributed by atoms with Crippen molar-refractivity contribution in [3.63, 3.8) is 0 Å². The van der Waals surface area contributed by atoms with Gasteiger partial charge in [-0.2, -0.15) is 22.2 Å². The van der Waals surface area contributed by atoms with Gasteiger partial charge in [0.1, 0.15) is 0 Å². The Morgan fingerprint density at radius 3 is 2.12 bits per heavy atom. The molecule has 2 saturated carbocycles. The summed E-state index contributed by atoms with van der Waals surface area (Å²) < 4.78 is 0. The van der Waals surface area contributed by atoms with Gasteiger partial charge in [0.15, 0.2) is 14.8 Å². The SMILES string of the molecule is C[Si](C)(Cl)CC[C@@H]1C[C@H]2C[C@@H]1[C@H]([Si](C)(C)Cl)C2. The topological polar surface area (TPSA) is 0 Å². The number of hydrogen-bond donors (Lipinski definition) is 0. The number of rotatable bonds is 4. The van der Waals surface area contributed by atoms with Crippen LogP contribution < -0.4 is 0 Å². The molecule has 0 spiro atoms. The van der Waals surface area contributed by atoms with Crippen molar-refractivity contribution in [2.45, 2.75) is 63.5 Å². The second-order valence-electron chi connectivity index (χ2n) is 7.43. The molecule has 0 aromatic rings. The lowest BCUT2D eigenvalue weighted by Crippen LogP contribution is -2.33. The molecule has 0 heterocycles. The summed E-state index contributed by atoms with van der Waals surface area (Å²) in [7, 11) is -2.81. The third-order valence-electron chi connectivity index (χ3n) is 4.94. The van der Waals surface area contributed by atoms with Crippen molar-refractivity contribution in [3.8, 4) is 0 Å². The molecule has 0 amide bonds. The molecule has 0 N–H and O–H groups in total. The lowest BCUT2D eigenvalue weighted by Gasteiger charge is -2.36. The molecule has 0 aromatic carbocycles. The number of hydrogen-bond acceptors (Lipinski definition) is 0. The summed E-state index contributed by atoms with van der Waals surface area (Å²) in [4.78, 5) is 0. The van der Waals surface area contributed by atoms with Crippen molar-refractivity contribution in [3.05, 3.63) is 0 Å². The zero-order valence-corrected chi connectivity index (χ0v) is 15.1. The lowest BCUT2D eigenvalue weighted by molar-refractivity contribution is 0.320.